The van der Waals surface area contributed by atoms with E-state index in [9.17, 15) is 24.3 Å². The molecule has 2 saturated heterocycles. The molecule has 6 amide bonds. The van der Waals surface area contributed by atoms with Crippen molar-refractivity contribution < 1.29 is 33.8 Å². The third-order valence-electron chi connectivity index (χ3n) is 11.3. The zero-order valence-corrected chi connectivity index (χ0v) is 30.9. The van der Waals surface area contributed by atoms with Crippen LogP contribution in [-0.4, -0.2) is 56.6 Å². The molecule has 0 radical (unpaired) electrons. The van der Waals surface area contributed by atoms with E-state index in [1.165, 1.54) is 23.1 Å². The van der Waals surface area contributed by atoms with Gasteiger partial charge in [0.2, 0.25) is 23.6 Å². The number of amides is 6. The molecule has 2 aromatic heterocycles. The second-order valence-electron chi connectivity index (χ2n) is 13.8. The number of phenols is 1. The van der Waals surface area contributed by atoms with Crippen LogP contribution in [0.15, 0.2) is 52.5 Å². The number of methoxy groups -OCH3 is 1. The normalized spacial score (nSPS) is 27.2. The summed E-state index contributed by atoms with van der Waals surface area (Å²) in [4.78, 5) is 71.5. The second-order valence-corrected chi connectivity index (χ2v) is 16.2. The highest BCUT2D eigenvalue weighted by Crippen LogP contribution is 2.65. The van der Waals surface area contributed by atoms with E-state index in [0.29, 0.717) is 31.2 Å². The standard InChI is InChI=1S/C36H31BrClN5O7S/c1-14-19-11-16(38)5-8-25(19)51-30(14)23-13-26(41(3)40-23)42-32(46)22-12-20-17(6-7-18-27(20)33(47)43(31(18)45)35(39)49)28(36(22,2)34(42)48)21-9-15(37)10-24(50-4)29(21)44/h5-6,8-11,13,18,20,22,27-28,44H,7,12H2,1-4H3,(H2,39,49). The Bertz CT molecular complexity index is 2320. The summed E-state index contributed by atoms with van der Waals surface area (Å²) in [5, 5.41) is 17.9. The van der Waals surface area contributed by atoms with Crippen LogP contribution in [0.1, 0.15) is 36.8 Å². The smallest absolute Gasteiger partial charge is 0.328 e. The number of likely N-dealkylation sites (tertiary alicyclic amines) is 1. The zero-order chi connectivity index (χ0) is 36.4. The Hall–Kier alpha value is -4.53. The molecule has 3 N–H and O–H groups in total. The minimum absolute atomic E-state index is 0.0550. The number of nitrogens with two attached hydrogens (primary N) is 1. The lowest BCUT2D eigenvalue weighted by Crippen LogP contribution is -2.49. The molecule has 2 aromatic carbocycles. The molecule has 1 saturated carbocycles. The van der Waals surface area contributed by atoms with Crippen molar-refractivity contribution in [1.82, 2.24) is 14.7 Å². The van der Waals surface area contributed by atoms with Crippen molar-refractivity contribution in [1.29, 1.82) is 0 Å². The molecule has 4 heterocycles. The predicted molar refractivity (Wildman–Crippen MR) is 192 cm³/mol. The van der Waals surface area contributed by atoms with Gasteiger partial charge in [-0.05, 0) is 73.9 Å². The van der Waals surface area contributed by atoms with E-state index in [2.05, 4.69) is 15.9 Å². The minimum Gasteiger partial charge on any atom is -0.504 e. The Morgan fingerprint density at radius 1 is 1.12 bits per heavy atom. The summed E-state index contributed by atoms with van der Waals surface area (Å²) in [6.45, 7) is 3.69. The molecule has 6 atom stereocenters. The molecule has 15 heteroatoms. The van der Waals surface area contributed by atoms with Crippen molar-refractivity contribution in [2.24, 2.45) is 41.9 Å². The number of halogens is 2. The molecular formula is C36H31BrClN5O7S. The Labute approximate surface area is 308 Å². The van der Waals surface area contributed by atoms with E-state index >= 15 is 4.79 Å². The number of nitrogens with zero attached hydrogens (tertiary/aromatic N) is 4. The largest absolute Gasteiger partial charge is 0.504 e. The number of ether oxygens (including phenoxy) is 1. The molecule has 12 nitrogen and oxygen atoms in total. The highest BCUT2D eigenvalue weighted by molar-refractivity contribution is 9.10. The van der Waals surface area contributed by atoms with Gasteiger partial charge >= 0.3 is 6.03 Å². The first-order chi connectivity index (χ1) is 24.2. The van der Waals surface area contributed by atoms with E-state index in [-0.39, 0.29) is 30.2 Å². The van der Waals surface area contributed by atoms with E-state index < -0.39 is 64.7 Å². The monoisotopic (exact) mass is 791 g/mol. The fraction of sp³-hybridized carbons (Fsp3) is 0.333. The number of hydrogen-bond donors (Lipinski definition) is 2. The molecule has 2 aliphatic heterocycles. The van der Waals surface area contributed by atoms with Gasteiger partial charge in [-0.25, -0.2) is 9.69 Å². The number of rotatable bonds is 4. The highest BCUT2D eigenvalue weighted by Gasteiger charge is 2.68. The maximum atomic E-state index is 15.0. The number of urea groups is 1. The third-order valence-corrected chi connectivity index (χ3v) is 13.3. The van der Waals surface area contributed by atoms with Crippen molar-refractivity contribution in [3.8, 4) is 22.1 Å². The third kappa shape index (κ3) is 4.55. The summed E-state index contributed by atoms with van der Waals surface area (Å²) in [5.41, 5.74) is 6.52. The van der Waals surface area contributed by atoms with Gasteiger partial charge in [0.05, 0.1) is 35.2 Å². The molecule has 4 aliphatic rings. The van der Waals surface area contributed by atoms with Crippen LogP contribution in [-0.2, 0) is 26.2 Å². The number of carbonyl (C=O) groups is 5. The van der Waals surface area contributed by atoms with Crippen molar-refractivity contribution in [3.63, 3.8) is 0 Å². The first-order valence-corrected chi connectivity index (χ1v) is 18.2. The number of anilines is 1. The number of hydrogen-bond acceptors (Lipinski definition) is 9. The molecule has 3 fully saturated rings. The van der Waals surface area contributed by atoms with E-state index in [1.54, 1.807) is 32.2 Å². The topological polar surface area (TPSA) is 165 Å². The number of thiophene rings is 1. The first kappa shape index (κ1) is 33.6. The minimum atomic E-state index is -1.45. The number of phenolic OH excluding ortho intramolecular Hbond substituents is 1. The molecule has 4 aromatic rings. The molecule has 2 aliphatic carbocycles. The van der Waals surface area contributed by atoms with Gasteiger partial charge in [0.25, 0.3) is 0 Å². The number of fused-ring (bicyclic) bond motifs is 5. The van der Waals surface area contributed by atoms with Crippen molar-refractivity contribution >= 4 is 84.4 Å². The summed E-state index contributed by atoms with van der Waals surface area (Å²) >= 11 is 11.3. The summed E-state index contributed by atoms with van der Waals surface area (Å²) in [7, 11) is 3.07. The highest BCUT2D eigenvalue weighted by atomic mass is 79.9. The molecule has 8 rings (SSSR count). The van der Waals surface area contributed by atoms with Crippen LogP contribution in [0.5, 0.6) is 11.5 Å². The number of carbonyl (C=O) groups excluding carboxylic acids is 5. The van der Waals surface area contributed by atoms with Gasteiger partial charge in [-0.3, -0.25) is 23.9 Å². The van der Waals surface area contributed by atoms with Gasteiger partial charge in [-0.15, -0.1) is 11.3 Å². The molecule has 6 unspecified atom stereocenters. The fourth-order valence-corrected chi connectivity index (χ4v) is 10.8. The number of imide groups is 4. The van der Waals surface area contributed by atoms with Gasteiger partial charge in [0.15, 0.2) is 11.5 Å². The van der Waals surface area contributed by atoms with Crippen LogP contribution in [0.2, 0.25) is 5.02 Å². The second kappa shape index (κ2) is 11.5. The zero-order valence-electron chi connectivity index (χ0n) is 27.8. The molecular weight excluding hydrogens is 762 g/mol. The van der Waals surface area contributed by atoms with E-state index in [1.807, 2.05) is 31.2 Å². The number of aromatic nitrogens is 2. The SMILES string of the molecule is COc1cc(Br)cc(C2C3=CCC4C(=O)N(C(N)=O)C(=O)C4C3CC3C(=O)N(c4cc(-c5sc6ccc(Cl)cc6c5C)nn4C)C(=O)C32C)c1O. The number of aryl methyl sites for hydroxylation is 2. The molecule has 0 spiro atoms. The average Bonchev–Trinajstić information content (AvgIpc) is 3.75. The summed E-state index contributed by atoms with van der Waals surface area (Å²) in [5.74, 6) is -6.62. The lowest BCUT2D eigenvalue weighted by Gasteiger charge is -2.49. The lowest BCUT2D eigenvalue weighted by molar-refractivity contribution is -0.136. The Morgan fingerprint density at radius 3 is 2.57 bits per heavy atom. The van der Waals surface area contributed by atoms with Crippen LogP contribution in [0.4, 0.5) is 10.6 Å². The summed E-state index contributed by atoms with van der Waals surface area (Å²) in [6.07, 6.45) is 1.99. The van der Waals surface area contributed by atoms with Gasteiger partial charge in [-0.2, -0.15) is 10.00 Å². The van der Waals surface area contributed by atoms with Crippen LogP contribution < -0.4 is 15.4 Å². The number of allylic oxidation sites excluding steroid dienone is 2. The average molecular weight is 793 g/mol. The number of benzene rings is 2. The predicted octanol–water partition coefficient (Wildman–Crippen LogP) is 6.05. The summed E-state index contributed by atoms with van der Waals surface area (Å²) in [6, 6.07) is 9.48. The lowest BCUT2D eigenvalue weighted by atomic mass is 9.51. The summed E-state index contributed by atoms with van der Waals surface area (Å²) < 4.78 is 8.55. The molecule has 262 valence electrons. The Morgan fingerprint density at radius 2 is 1.86 bits per heavy atom. The number of aromatic hydroxyl groups is 1. The quantitative estimate of drug-likeness (QED) is 0.186. The van der Waals surface area contributed by atoms with Gasteiger partial charge < -0.3 is 15.6 Å². The van der Waals surface area contributed by atoms with Crippen molar-refractivity contribution in [2.45, 2.75) is 32.6 Å². The maximum absolute atomic E-state index is 15.0. The maximum Gasteiger partial charge on any atom is 0.328 e. The van der Waals surface area contributed by atoms with Gasteiger partial charge in [-0.1, -0.05) is 39.2 Å². The van der Waals surface area contributed by atoms with Crippen LogP contribution in [0, 0.1) is 36.0 Å². The molecule has 0 bridgehead atoms. The molecule has 51 heavy (non-hydrogen) atoms. The van der Waals surface area contributed by atoms with E-state index in [4.69, 9.17) is 27.2 Å². The Kier molecular flexibility index (Phi) is 7.57. The van der Waals surface area contributed by atoms with Crippen LogP contribution >= 0.6 is 38.9 Å². The van der Waals surface area contributed by atoms with Gasteiger partial charge in [0.1, 0.15) is 11.5 Å². The van der Waals surface area contributed by atoms with Crippen molar-refractivity contribution in [2.75, 3.05) is 12.0 Å². The van der Waals surface area contributed by atoms with Crippen molar-refractivity contribution in [3.05, 3.63) is 68.7 Å². The van der Waals surface area contributed by atoms with Crippen LogP contribution in [0.3, 0.4) is 0 Å². The van der Waals surface area contributed by atoms with Crippen LogP contribution in [0.25, 0.3) is 20.7 Å². The van der Waals surface area contributed by atoms with E-state index in [0.717, 1.165) is 25.4 Å². The number of primary amides is 1. The Balaban J connectivity index is 1.28. The van der Waals surface area contributed by atoms with Gasteiger partial charge in [0, 0.05) is 38.8 Å². The first-order valence-electron chi connectivity index (χ1n) is 16.2. The fourth-order valence-electron chi connectivity index (χ4n) is 8.98.